The number of amides is 2. The smallest absolute Gasteiger partial charge is 0.439 e. The highest BCUT2D eigenvalue weighted by molar-refractivity contribution is 6.79. The summed E-state index contributed by atoms with van der Waals surface area (Å²) in [5.74, 6) is 0. The van der Waals surface area contributed by atoms with Crippen LogP contribution in [0.1, 0.15) is 62.3 Å². The quantitative estimate of drug-likeness (QED) is 0.335. The molecule has 25 heavy (non-hydrogen) atoms. The lowest BCUT2D eigenvalue weighted by atomic mass is 10.5. The van der Waals surface area contributed by atoms with Crippen LogP contribution in [0.25, 0.3) is 0 Å². The molecule has 0 aliphatic rings. The molecule has 0 rings (SSSR count). The Morgan fingerprint density at radius 3 is 1.32 bits per heavy atom. The molecule has 8 heteroatoms. The molecule has 0 heterocycles. The first-order chi connectivity index (χ1) is 11.5. The highest BCUT2D eigenvalue weighted by Gasteiger charge is 2.48. The Morgan fingerprint density at radius 2 is 1.04 bits per heavy atom. The van der Waals surface area contributed by atoms with Crippen molar-refractivity contribution in [3.8, 4) is 0 Å². The third-order valence-corrected chi connectivity index (χ3v) is 15.8. The van der Waals surface area contributed by atoms with Crippen molar-refractivity contribution in [3.05, 3.63) is 0 Å². The van der Waals surface area contributed by atoms with E-state index in [1.807, 2.05) is 20.8 Å². The molecule has 146 valence electrons. The molecule has 0 N–H and O–H groups in total. The van der Waals surface area contributed by atoms with Gasteiger partial charge in [0.15, 0.2) is 0 Å². The van der Waals surface area contributed by atoms with E-state index in [-0.39, 0.29) is 16.6 Å². The summed E-state index contributed by atoms with van der Waals surface area (Å²) in [7, 11) is -4.48. The van der Waals surface area contributed by atoms with Gasteiger partial charge in [-0.1, -0.05) is 72.5 Å². The van der Waals surface area contributed by atoms with Crippen molar-refractivity contribution in [2.45, 2.75) is 97.1 Å². The van der Waals surface area contributed by atoms with Crippen LogP contribution in [0.15, 0.2) is 10.2 Å². The number of carbonyl (C=O) groups excluding carboxylic acids is 2. The van der Waals surface area contributed by atoms with E-state index in [0.29, 0.717) is 0 Å². The van der Waals surface area contributed by atoms with Gasteiger partial charge in [0, 0.05) is 0 Å². The molecule has 0 aromatic carbocycles. The summed E-state index contributed by atoms with van der Waals surface area (Å²) < 4.78 is 11.4. The maximum Gasteiger partial charge on any atom is 0.439 e. The second-order valence-electron chi connectivity index (χ2n) is 7.50. The van der Waals surface area contributed by atoms with E-state index < -0.39 is 28.8 Å². The summed E-state index contributed by atoms with van der Waals surface area (Å²) >= 11 is 0. The molecule has 0 unspecified atom stereocenters. The van der Waals surface area contributed by atoms with Crippen LogP contribution in [0.4, 0.5) is 9.59 Å². The number of rotatable bonds is 8. The molecule has 0 aromatic heterocycles. The van der Waals surface area contributed by atoms with Crippen LogP contribution in [-0.4, -0.2) is 28.8 Å². The molecule has 0 aromatic rings. The van der Waals surface area contributed by atoms with E-state index in [1.165, 1.54) is 0 Å². The molecule has 0 spiro atoms. The van der Waals surface area contributed by atoms with E-state index in [1.54, 1.807) is 0 Å². The van der Waals surface area contributed by atoms with Gasteiger partial charge in [-0.15, -0.1) is 0 Å². The van der Waals surface area contributed by atoms with Crippen molar-refractivity contribution in [2.75, 3.05) is 0 Å². The third kappa shape index (κ3) is 6.02. The van der Waals surface area contributed by atoms with Crippen LogP contribution in [0.5, 0.6) is 0 Å². The molecule has 2 amide bonds. The van der Waals surface area contributed by atoms with Crippen LogP contribution in [0, 0.1) is 0 Å². The van der Waals surface area contributed by atoms with Crippen molar-refractivity contribution in [1.29, 1.82) is 0 Å². The van der Waals surface area contributed by atoms with Gasteiger partial charge in [-0.25, -0.2) is 9.59 Å². The summed E-state index contributed by atoms with van der Waals surface area (Å²) in [4.78, 5) is 24.2. The molecule has 0 atom stereocenters. The summed E-state index contributed by atoms with van der Waals surface area (Å²) in [6.07, 6.45) is -1.56. The first-order valence-corrected chi connectivity index (χ1v) is 14.1. The van der Waals surface area contributed by atoms with Gasteiger partial charge in [0.25, 0.3) is 16.6 Å². The minimum absolute atomic E-state index is 0.249. The largest absolute Gasteiger partial charge is 0.501 e. The average Bonchev–Trinajstić information content (AvgIpc) is 2.54. The number of nitrogens with zero attached hydrogens (tertiary/aromatic N) is 2. The second kappa shape index (κ2) is 10.2. The van der Waals surface area contributed by atoms with Crippen LogP contribution in [0.2, 0.25) is 34.8 Å². The van der Waals surface area contributed by atoms with Gasteiger partial charge in [-0.2, -0.15) is 0 Å². The molecule has 0 bridgehead atoms. The fourth-order valence-corrected chi connectivity index (χ4v) is 11.2. The fraction of sp³-hybridized carbons (Fsp3) is 0.882. The van der Waals surface area contributed by atoms with Gasteiger partial charge in [0.05, 0.1) is 0 Å². The van der Waals surface area contributed by atoms with Gasteiger partial charge in [0.2, 0.25) is 0 Å². The van der Waals surface area contributed by atoms with E-state index in [2.05, 4.69) is 51.8 Å². The highest BCUT2D eigenvalue weighted by atomic mass is 28.4. The zero-order chi connectivity index (χ0) is 19.8. The maximum atomic E-state index is 12.2. The van der Waals surface area contributed by atoms with E-state index in [9.17, 15) is 9.59 Å². The summed E-state index contributed by atoms with van der Waals surface area (Å²) in [5.41, 5.74) is 0.747. The SMILES string of the molecule is CC[Si](CC)(CC)OC(=O)N=NC(=O)O[Si](C(C)C)(C(C)C)C(C)C. The predicted octanol–water partition coefficient (Wildman–Crippen LogP) is 6.89. The molecule has 0 fully saturated rings. The summed E-state index contributed by atoms with van der Waals surface area (Å²) in [5, 5.41) is 6.95. The van der Waals surface area contributed by atoms with E-state index in [0.717, 1.165) is 18.1 Å². The van der Waals surface area contributed by atoms with Crippen molar-refractivity contribution in [3.63, 3.8) is 0 Å². The van der Waals surface area contributed by atoms with Crippen molar-refractivity contribution in [1.82, 2.24) is 0 Å². The van der Waals surface area contributed by atoms with Gasteiger partial charge in [-0.3, -0.25) is 0 Å². The minimum Gasteiger partial charge on any atom is -0.501 e. The second-order valence-corrected chi connectivity index (χ2v) is 17.6. The van der Waals surface area contributed by atoms with Crippen LogP contribution < -0.4 is 0 Å². The van der Waals surface area contributed by atoms with Crippen molar-refractivity contribution >= 4 is 28.8 Å². The van der Waals surface area contributed by atoms with Crippen LogP contribution in [0.3, 0.4) is 0 Å². The minimum atomic E-state index is -2.38. The molecule has 0 aliphatic heterocycles. The molecular formula is C17H36N2O4Si2. The van der Waals surface area contributed by atoms with Gasteiger partial charge in [0.1, 0.15) is 0 Å². The Balaban J connectivity index is 5.14. The topological polar surface area (TPSA) is 77.3 Å². The molecule has 0 saturated heterocycles. The van der Waals surface area contributed by atoms with Gasteiger partial charge in [-0.05, 0) is 34.8 Å². The third-order valence-electron chi connectivity index (χ3n) is 5.42. The van der Waals surface area contributed by atoms with Crippen LogP contribution in [-0.2, 0) is 8.85 Å². The molecule has 0 aliphatic carbocycles. The Morgan fingerprint density at radius 1 is 0.720 bits per heavy atom. The zero-order valence-electron chi connectivity index (χ0n) is 17.4. The predicted molar refractivity (Wildman–Crippen MR) is 106 cm³/mol. The number of hydrogen-bond donors (Lipinski definition) is 0. The Bertz CT molecular complexity index is 445. The van der Waals surface area contributed by atoms with Crippen LogP contribution >= 0.6 is 0 Å². The summed E-state index contributed by atoms with van der Waals surface area (Å²) in [6, 6.07) is 2.49. The normalized spacial score (nSPS) is 13.1. The lowest BCUT2D eigenvalue weighted by molar-refractivity contribution is 0.195. The molecule has 6 nitrogen and oxygen atoms in total. The number of carbonyl (C=O) groups is 2. The molecular weight excluding hydrogens is 352 g/mol. The van der Waals surface area contributed by atoms with Crippen molar-refractivity contribution in [2.24, 2.45) is 10.2 Å². The average molecular weight is 389 g/mol. The standard InChI is InChI=1S/C17H36N2O4Si2/c1-10-24(11-2,12-3)22-16(20)18-19-17(21)23-25(13(4)5,14(6)7)15(8)9/h13-15H,10-12H2,1-9H3. The highest BCUT2D eigenvalue weighted by Crippen LogP contribution is 2.42. The number of azo groups is 1. The van der Waals surface area contributed by atoms with Gasteiger partial charge < -0.3 is 8.85 Å². The Kier molecular flexibility index (Phi) is 9.78. The Labute approximate surface area is 155 Å². The zero-order valence-corrected chi connectivity index (χ0v) is 19.4. The van der Waals surface area contributed by atoms with E-state index >= 15 is 0 Å². The van der Waals surface area contributed by atoms with E-state index in [4.69, 9.17) is 8.85 Å². The monoisotopic (exact) mass is 388 g/mol. The van der Waals surface area contributed by atoms with Gasteiger partial charge >= 0.3 is 12.2 Å². The Hall–Kier alpha value is -1.03. The maximum absolute atomic E-state index is 12.2. The fourth-order valence-electron chi connectivity index (χ4n) is 3.78. The molecule has 0 radical (unpaired) electrons. The first kappa shape index (κ1) is 24.0. The first-order valence-electron chi connectivity index (χ1n) is 9.38. The summed E-state index contributed by atoms with van der Waals surface area (Å²) in [6.45, 7) is 18.5. The lowest BCUT2D eigenvalue weighted by Crippen LogP contribution is -2.48. The van der Waals surface area contributed by atoms with Crippen molar-refractivity contribution < 1.29 is 18.4 Å². The molecule has 0 saturated carbocycles. The lowest BCUT2D eigenvalue weighted by Gasteiger charge is -2.40. The number of hydrogen-bond acceptors (Lipinski definition) is 4.